The van der Waals surface area contributed by atoms with E-state index in [-0.39, 0.29) is 17.4 Å². The first-order valence-electron chi connectivity index (χ1n) is 9.72. The van der Waals surface area contributed by atoms with Gasteiger partial charge in [0.1, 0.15) is 18.4 Å². The van der Waals surface area contributed by atoms with Crippen molar-refractivity contribution in [1.82, 2.24) is 20.1 Å². The maximum absolute atomic E-state index is 12.7. The van der Waals surface area contributed by atoms with Crippen LogP contribution in [0.4, 0.5) is 5.69 Å². The zero-order valence-corrected chi connectivity index (χ0v) is 17.2. The second-order valence-electron chi connectivity index (χ2n) is 6.76. The smallest absolute Gasteiger partial charge is 0.267 e. The van der Waals surface area contributed by atoms with Gasteiger partial charge in [0.15, 0.2) is 0 Å². The summed E-state index contributed by atoms with van der Waals surface area (Å²) >= 11 is 0. The SMILES string of the molecule is CC(=O)NCCOc1ccc(NC(=O)C(C)n2nc(-c3cccnc3)ccc2=O)cc1. The van der Waals surface area contributed by atoms with Crippen molar-refractivity contribution in [2.24, 2.45) is 0 Å². The number of carbonyl (C=O) groups is 2. The van der Waals surface area contributed by atoms with Crippen LogP contribution in [-0.4, -0.2) is 39.7 Å². The van der Waals surface area contributed by atoms with Gasteiger partial charge in [0, 0.05) is 36.6 Å². The third-order valence-corrected chi connectivity index (χ3v) is 4.40. The number of nitrogens with one attached hydrogen (secondary N) is 2. The van der Waals surface area contributed by atoms with Crippen molar-refractivity contribution in [3.8, 4) is 17.0 Å². The van der Waals surface area contributed by atoms with Crippen molar-refractivity contribution >= 4 is 17.5 Å². The number of rotatable bonds is 8. The Bertz CT molecular complexity index is 1100. The van der Waals surface area contributed by atoms with Crippen molar-refractivity contribution in [3.05, 3.63) is 71.3 Å². The van der Waals surface area contributed by atoms with Crippen LogP contribution in [-0.2, 0) is 9.59 Å². The van der Waals surface area contributed by atoms with Gasteiger partial charge < -0.3 is 15.4 Å². The molecule has 0 aliphatic rings. The van der Waals surface area contributed by atoms with Crippen LogP contribution in [0.3, 0.4) is 0 Å². The van der Waals surface area contributed by atoms with Gasteiger partial charge in [0.25, 0.3) is 5.56 Å². The van der Waals surface area contributed by atoms with Crippen molar-refractivity contribution in [1.29, 1.82) is 0 Å². The molecule has 0 saturated carbocycles. The Kier molecular flexibility index (Phi) is 7.10. The third kappa shape index (κ3) is 5.99. The molecule has 160 valence electrons. The van der Waals surface area contributed by atoms with Crippen molar-refractivity contribution in [3.63, 3.8) is 0 Å². The monoisotopic (exact) mass is 421 g/mol. The Hall–Kier alpha value is -4.01. The first-order valence-corrected chi connectivity index (χ1v) is 9.72. The average molecular weight is 421 g/mol. The fourth-order valence-corrected chi connectivity index (χ4v) is 2.76. The van der Waals surface area contributed by atoms with E-state index in [1.165, 1.54) is 13.0 Å². The zero-order chi connectivity index (χ0) is 22.2. The maximum Gasteiger partial charge on any atom is 0.267 e. The normalized spacial score (nSPS) is 11.4. The standard InChI is InChI=1S/C22H23N5O4/c1-15(27-21(29)10-9-20(26-27)17-4-3-11-23-14-17)22(30)25-18-5-7-19(8-6-18)31-13-12-24-16(2)28/h3-11,14-15H,12-13H2,1-2H3,(H,24,28)(H,25,30). The van der Waals surface area contributed by atoms with Gasteiger partial charge >= 0.3 is 0 Å². The molecule has 3 rings (SSSR count). The molecule has 1 atom stereocenters. The number of nitrogens with zero attached hydrogens (tertiary/aromatic N) is 3. The average Bonchev–Trinajstić information content (AvgIpc) is 2.78. The van der Waals surface area contributed by atoms with Crippen LogP contribution in [0.15, 0.2) is 65.7 Å². The number of amides is 2. The van der Waals surface area contributed by atoms with E-state index in [9.17, 15) is 14.4 Å². The Balaban J connectivity index is 1.64. The Morgan fingerprint density at radius 1 is 1.13 bits per heavy atom. The quantitative estimate of drug-likeness (QED) is 0.538. The predicted octanol–water partition coefficient (Wildman–Crippen LogP) is 2.02. The number of benzene rings is 1. The summed E-state index contributed by atoms with van der Waals surface area (Å²) in [6, 6.07) is 12.6. The second kappa shape index (κ2) is 10.1. The molecule has 9 nitrogen and oxygen atoms in total. The van der Waals surface area contributed by atoms with Crippen molar-refractivity contribution < 1.29 is 14.3 Å². The summed E-state index contributed by atoms with van der Waals surface area (Å²) in [4.78, 5) is 39.8. The van der Waals surface area contributed by atoms with Crippen LogP contribution in [0.5, 0.6) is 5.75 Å². The van der Waals surface area contributed by atoms with Crippen LogP contribution in [0.2, 0.25) is 0 Å². The summed E-state index contributed by atoms with van der Waals surface area (Å²) < 4.78 is 6.67. The summed E-state index contributed by atoms with van der Waals surface area (Å²) in [6.45, 7) is 3.79. The molecule has 0 radical (unpaired) electrons. The second-order valence-corrected chi connectivity index (χ2v) is 6.76. The van der Waals surface area contributed by atoms with E-state index in [4.69, 9.17) is 4.74 Å². The Morgan fingerprint density at radius 3 is 2.58 bits per heavy atom. The molecule has 1 unspecified atom stereocenters. The fraction of sp³-hybridized carbons (Fsp3) is 0.227. The molecule has 2 N–H and O–H groups in total. The molecular formula is C22H23N5O4. The van der Waals surface area contributed by atoms with Crippen molar-refractivity contribution in [2.45, 2.75) is 19.9 Å². The van der Waals surface area contributed by atoms with Crippen LogP contribution < -0.4 is 20.9 Å². The zero-order valence-electron chi connectivity index (χ0n) is 17.2. The summed E-state index contributed by atoms with van der Waals surface area (Å²) in [7, 11) is 0. The molecule has 31 heavy (non-hydrogen) atoms. The molecule has 0 saturated heterocycles. The van der Waals surface area contributed by atoms with E-state index in [2.05, 4.69) is 20.7 Å². The molecule has 0 bridgehead atoms. The first-order chi connectivity index (χ1) is 14.9. The number of hydrogen-bond donors (Lipinski definition) is 2. The molecule has 9 heteroatoms. The lowest BCUT2D eigenvalue weighted by Gasteiger charge is -2.15. The van der Waals surface area contributed by atoms with Gasteiger partial charge in [0.2, 0.25) is 11.8 Å². The predicted molar refractivity (Wildman–Crippen MR) is 116 cm³/mol. The van der Waals surface area contributed by atoms with E-state index in [0.29, 0.717) is 30.3 Å². The highest BCUT2D eigenvalue weighted by atomic mass is 16.5. The highest BCUT2D eigenvalue weighted by molar-refractivity contribution is 5.93. The van der Waals surface area contributed by atoms with Crippen molar-refractivity contribution in [2.75, 3.05) is 18.5 Å². The number of hydrogen-bond acceptors (Lipinski definition) is 6. The number of pyridine rings is 1. The minimum absolute atomic E-state index is 0.115. The van der Waals surface area contributed by atoms with Crippen LogP contribution in [0.1, 0.15) is 19.9 Å². The number of ether oxygens (including phenoxy) is 1. The van der Waals surface area contributed by atoms with Crippen LogP contribution in [0, 0.1) is 0 Å². The first kappa shape index (κ1) is 21.7. The maximum atomic E-state index is 12.7. The Labute approximate surface area is 179 Å². The minimum atomic E-state index is -0.822. The van der Waals surface area contributed by atoms with Crippen LogP contribution >= 0.6 is 0 Å². The van der Waals surface area contributed by atoms with Gasteiger partial charge in [-0.1, -0.05) is 0 Å². The fourth-order valence-electron chi connectivity index (χ4n) is 2.76. The lowest BCUT2D eigenvalue weighted by molar-refractivity contribution is -0.119. The molecule has 2 heterocycles. The molecule has 2 amide bonds. The summed E-state index contributed by atoms with van der Waals surface area (Å²) in [5, 5.41) is 9.74. The van der Waals surface area contributed by atoms with Crippen LogP contribution in [0.25, 0.3) is 11.3 Å². The molecule has 0 spiro atoms. The van der Waals surface area contributed by atoms with E-state index in [1.54, 1.807) is 55.7 Å². The van der Waals surface area contributed by atoms with E-state index >= 15 is 0 Å². The number of carbonyl (C=O) groups excluding carboxylic acids is 2. The van der Waals surface area contributed by atoms with E-state index < -0.39 is 6.04 Å². The minimum Gasteiger partial charge on any atom is -0.492 e. The lowest BCUT2D eigenvalue weighted by Crippen LogP contribution is -2.33. The molecule has 3 aromatic rings. The van der Waals surface area contributed by atoms with E-state index in [0.717, 1.165) is 10.2 Å². The molecule has 0 fully saturated rings. The third-order valence-electron chi connectivity index (χ3n) is 4.40. The summed E-state index contributed by atoms with van der Waals surface area (Å²) in [5.74, 6) is 0.117. The molecule has 1 aromatic carbocycles. The highest BCUT2D eigenvalue weighted by Crippen LogP contribution is 2.18. The van der Waals surface area contributed by atoms with Gasteiger partial charge in [-0.15, -0.1) is 0 Å². The molecule has 0 aliphatic carbocycles. The molecule has 0 aliphatic heterocycles. The molecular weight excluding hydrogens is 398 g/mol. The highest BCUT2D eigenvalue weighted by Gasteiger charge is 2.18. The van der Waals surface area contributed by atoms with Gasteiger partial charge in [-0.05, 0) is 49.4 Å². The van der Waals surface area contributed by atoms with Gasteiger partial charge in [-0.3, -0.25) is 19.4 Å². The lowest BCUT2D eigenvalue weighted by atomic mass is 10.2. The largest absolute Gasteiger partial charge is 0.492 e. The van der Waals surface area contributed by atoms with Gasteiger partial charge in [0.05, 0.1) is 12.2 Å². The number of aromatic nitrogens is 3. The number of anilines is 1. The van der Waals surface area contributed by atoms with Gasteiger partial charge in [-0.25, -0.2) is 4.68 Å². The summed E-state index contributed by atoms with van der Waals surface area (Å²) in [5.41, 5.74) is 1.48. The molecule has 2 aromatic heterocycles. The van der Waals surface area contributed by atoms with Gasteiger partial charge in [-0.2, -0.15) is 5.10 Å². The Morgan fingerprint density at radius 2 is 1.90 bits per heavy atom. The van der Waals surface area contributed by atoms with E-state index in [1.807, 2.05) is 6.07 Å². The topological polar surface area (TPSA) is 115 Å². The summed E-state index contributed by atoms with van der Waals surface area (Å²) in [6.07, 6.45) is 3.29.